The van der Waals surface area contributed by atoms with Crippen LogP contribution in [-0.4, -0.2) is 32.1 Å². The van der Waals surface area contributed by atoms with Crippen LogP contribution in [-0.2, 0) is 11.3 Å². The SMILES string of the molecule is COCc1ccc(C(=O)NC2CCNCC2C)o1.Cl. The van der Waals surface area contributed by atoms with Gasteiger partial charge in [-0.1, -0.05) is 6.92 Å². The molecule has 0 radical (unpaired) electrons. The first-order valence-corrected chi connectivity index (χ1v) is 6.30. The summed E-state index contributed by atoms with van der Waals surface area (Å²) in [5.41, 5.74) is 0. The van der Waals surface area contributed by atoms with E-state index in [1.165, 1.54) is 0 Å². The lowest BCUT2D eigenvalue weighted by Crippen LogP contribution is -2.48. The quantitative estimate of drug-likeness (QED) is 0.883. The summed E-state index contributed by atoms with van der Waals surface area (Å²) >= 11 is 0. The molecule has 6 heteroatoms. The summed E-state index contributed by atoms with van der Waals surface area (Å²) in [4.78, 5) is 12.0. The lowest BCUT2D eigenvalue weighted by molar-refractivity contribution is 0.0877. The van der Waals surface area contributed by atoms with Gasteiger partial charge in [-0.3, -0.25) is 4.79 Å². The molecule has 0 aliphatic carbocycles. The normalized spacial score (nSPS) is 22.6. The zero-order valence-corrected chi connectivity index (χ0v) is 12.1. The summed E-state index contributed by atoms with van der Waals surface area (Å²) < 4.78 is 10.4. The molecule has 1 saturated heterocycles. The van der Waals surface area contributed by atoms with Gasteiger partial charge >= 0.3 is 0 Å². The fourth-order valence-electron chi connectivity index (χ4n) is 2.19. The fraction of sp³-hybridized carbons (Fsp3) is 0.615. The van der Waals surface area contributed by atoms with Crippen molar-refractivity contribution in [3.05, 3.63) is 23.7 Å². The molecule has 2 N–H and O–H groups in total. The topological polar surface area (TPSA) is 63.5 Å². The highest BCUT2D eigenvalue weighted by molar-refractivity contribution is 5.91. The molecule has 1 aliphatic rings. The maximum atomic E-state index is 12.0. The number of methoxy groups -OCH3 is 1. The second-order valence-corrected chi connectivity index (χ2v) is 4.75. The van der Waals surface area contributed by atoms with Crippen molar-refractivity contribution < 1.29 is 13.9 Å². The zero-order valence-electron chi connectivity index (χ0n) is 11.3. The lowest BCUT2D eigenvalue weighted by atomic mass is 9.95. The van der Waals surface area contributed by atoms with Gasteiger partial charge in [-0.2, -0.15) is 0 Å². The molecule has 0 spiro atoms. The third-order valence-corrected chi connectivity index (χ3v) is 3.27. The van der Waals surface area contributed by atoms with Crippen molar-refractivity contribution in [1.82, 2.24) is 10.6 Å². The number of hydrogen-bond acceptors (Lipinski definition) is 4. The van der Waals surface area contributed by atoms with Crippen molar-refractivity contribution in [2.24, 2.45) is 5.92 Å². The van der Waals surface area contributed by atoms with Crippen LogP contribution in [0, 0.1) is 5.92 Å². The summed E-state index contributed by atoms with van der Waals surface area (Å²) in [6.45, 7) is 4.41. The number of hydrogen-bond donors (Lipinski definition) is 2. The van der Waals surface area contributed by atoms with Crippen molar-refractivity contribution >= 4 is 18.3 Å². The first-order chi connectivity index (χ1) is 8.70. The number of amides is 1. The minimum Gasteiger partial charge on any atom is -0.453 e. The number of nitrogens with one attached hydrogen (secondary N) is 2. The Morgan fingerprint density at radius 3 is 3.05 bits per heavy atom. The summed E-state index contributed by atoms with van der Waals surface area (Å²) in [5.74, 6) is 1.32. The molecule has 1 fully saturated rings. The van der Waals surface area contributed by atoms with Gasteiger partial charge in [-0.25, -0.2) is 0 Å². The molecular weight excluding hydrogens is 268 g/mol. The van der Waals surface area contributed by atoms with Crippen molar-refractivity contribution in [3.63, 3.8) is 0 Å². The number of ether oxygens (including phenoxy) is 1. The molecule has 19 heavy (non-hydrogen) atoms. The molecule has 0 aromatic carbocycles. The number of halogens is 1. The molecule has 1 aromatic rings. The number of rotatable bonds is 4. The van der Waals surface area contributed by atoms with E-state index in [9.17, 15) is 4.79 Å². The highest BCUT2D eigenvalue weighted by Crippen LogP contribution is 2.13. The van der Waals surface area contributed by atoms with E-state index >= 15 is 0 Å². The predicted octanol–water partition coefficient (Wildman–Crippen LogP) is 1.58. The largest absolute Gasteiger partial charge is 0.453 e. The first-order valence-electron chi connectivity index (χ1n) is 6.30. The molecule has 5 nitrogen and oxygen atoms in total. The molecule has 1 aliphatic heterocycles. The Balaban J connectivity index is 0.00000180. The molecular formula is C13H21ClN2O3. The predicted molar refractivity (Wildman–Crippen MR) is 74.6 cm³/mol. The summed E-state index contributed by atoms with van der Waals surface area (Å²) in [6.07, 6.45) is 0.957. The van der Waals surface area contributed by atoms with E-state index in [0.717, 1.165) is 19.5 Å². The van der Waals surface area contributed by atoms with E-state index in [2.05, 4.69) is 17.6 Å². The van der Waals surface area contributed by atoms with Crippen LogP contribution < -0.4 is 10.6 Å². The van der Waals surface area contributed by atoms with Crippen LogP contribution in [0.3, 0.4) is 0 Å². The van der Waals surface area contributed by atoms with E-state index < -0.39 is 0 Å². The van der Waals surface area contributed by atoms with E-state index in [1.54, 1.807) is 19.2 Å². The lowest BCUT2D eigenvalue weighted by Gasteiger charge is -2.29. The molecule has 0 bridgehead atoms. The third-order valence-electron chi connectivity index (χ3n) is 3.27. The van der Waals surface area contributed by atoms with Crippen LogP contribution >= 0.6 is 12.4 Å². The maximum absolute atomic E-state index is 12.0. The molecule has 108 valence electrons. The number of piperidine rings is 1. The molecule has 1 amide bonds. The van der Waals surface area contributed by atoms with Crippen LogP contribution in [0.5, 0.6) is 0 Å². The van der Waals surface area contributed by atoms with Gasteiger partial charge in [0, 0.05) is 13.2 Å². The van der Waals surface area contributed by atoms with Crippen LogP contribution in [0.1, 0.15) is 29.7 Å². The number of furan rings is 1. The van der Waals surface area contributed by atoms with Gasteiger partial charge in [-0.15, -0.1) is 12.4 Å². The first kappa shape index (κ1) is 16.0. The molecule has 0 saturated carbocycles. The van der Waals surface area contributed by atoms with Gasteiger partial charge in [-0.05, 0) is 37.6 Å². The number of carbonyl (C=O) groups excluding carboxylic acids is 1. The Morgan fingerprint density at radius 1 is 1.58 bits per heavy atom. The van der Waals surface area contributed by atoms with E-state index in [0.29, 0.717) is 24.0 Å². The van der Waals surface area contributed by atoms with Crippen LogP contribution in [0.25, 0.3) is 0 Å². The molecule has 2 heterocycles. The van der Waals surface area contributed by atoms with Gasteiger partial charge in [0.05, 0.1) is 0 Å². The highest BCUT2D eigenvalue weighted by Gasteiger charge is 2.24. The fourth-order valence-corrected chi connectivity index (χ4v) is 2.19. The minimum atomic E-state index is -0.142. The zero-order chi connectivity index (χ0) is 13.0. The average molecular weight is 289 g/mol. The molecule has 2 atom stereocenters. The minimum absolute atomic E-state index is 0. The van der Waals surface area contributed by atoms with Gasteiger partial charge in [0.15, 0.2) is 5.76 Å². The van der Waals surface area contributed by atoms with Crippen LogP contribution in [0.2, 0.25) is 0 Å². The Hall–Kier alpha value is -1.04. The molecule has 1 aromatic heterocycles. The second-order valence-electron chi connectivity index (χ2n) is 4.75. The van der Waals surface area contributed by atoms with E-state index in [-0.39, 0.29) is 24.4 Å². The van der Waals surface area contributed by atoms with Gasteiger partial charge in [0.25, 0.3) is 5.91 Å². The van der Waals surface area contributed by atoms with Crippen molar-refractivity contribution in [2.45, 2.75) is 26.0 Å². The Morgan fingerprint density at radius 2 is 2.37 bits per heavy atom. The van der Waals surface area contributed by atoms with Crippen LogP contribution in [0.4, 0.5) is 0 Å². The Labute approximate surface area is 119 Å². The van der Waals surface area contributed by atoms with Crippen molar-refractivity contribution in [2.75, 3.05) is 20.2 Å². The smallest absolute Gasteiger partial charge is 0.287 e. The number of carbonyl (C=O) groups is 1. The van der Waals surface area contributed by atoms with Gasteiger partial charge < -0.3 is 19.8 Å². The van der Waals surface area contributed by atoms with E-state index in [4.69, 9.17) is 9.15 Å². The molecule has 2 rings (SSSR count). The standard InChI is InChI=1S/C13H20N2O3.ClH/c1-9-7-14-6-5-11(9)15-13(16)12-4-3-10(18-12)8-17-2;/h3-4,9,11,14H,5-8H2,1-2H3,(H,15,16);1H. The van der Waals surface area contributed by atoms with Gasteiger partial charge in [0.1, 0.15) is 12.4 Å². The summed E-state index contributed by atoms with van der Waals surface area (Å²) in [7, 11) is 1.60. The molecule has 2 unspecified atom stereocenters. The average Bonchev–Trinajstić information content (AvgIpc) is 2.81. The maximum Gasteiger partial charge on any atom is 0.287 e. The van der Waals surface area contributed by atoms with Crippen molar-refractivity contribution in [3.8, 4) is 0 Å². The summed E-state index contributed by atoms with van der Waals surface area (Å²) in [5, 5.41) is 6.33. The Kier molecular flexibility index (Phi) is 6.34. The highest BCUT2D eigenvalue weighted by atomic mass is 35.5. The van der Waals surface area contributed by atoms with Gasteiger partial charge in [0.2, 0.25) is 0 Å². The summed E-state index contributed by atoms with van der Waals surface area (Å²) in [6, 6.07) is 3.68. The monoisotopic (exact) mass is 288 g/mol. The third kappa shape index (κ3) is 4.23. The second kappa shape index (κ2) is 7.53. The van der Waals surface area contributed by atoms with Crippen molar-refractivity contribution in [1.29, 1.82) is 0 Å². The van der Waals surface area contributed by atoms with E-state index in [1.807, 2.05) is 0 Å². The Bertz CT molecular complexity index is 408. The van der Waals surface area contributed by atoms with Crippen LogP contribution in [0.15, 0.2) is 16.5 Å².